The van der Waals surface area contributed by atoms with Crippen LogP contribution in [0.15, 0.2) is 37.7 Å². The lowest BCUT2D eigenvalue weighted by Crippen LogP contribution is -2.21. The summed E-state index contributed by atoms with van der Waals surface area (Å²) < 4.78 is 3.39. The van der Waals surface area contributed by atoms with Crippen LogP contribution < -0.4 is 5.32 Å². The van der Waals surface area contributed by atoms with Crippen LogP contribution in [0.2, 0.25) is 0 Å². The third-order valence-corrected chi connectivity index (χ3v) is 6.22. The van der Waals surface area contributed by atoms with Crippen molar-refractivity contribution in [3.63, 3.8) is 0 Å². The van der Waals surface area contributed by atoms with Crippen molar-refractivity contribution in [2.45, 2.75) is 19.9 Å². The molecule has 2 rings (SSSR count). The highest BCUT2D eigenvalue weighted by atomic mass is 79.9. The van der Waals surface area contributed by atoms with Crippen LogP contribution in [0.5, 0.6) is 0 Å². The van der Waals surface area contributed by atoms with Crippen LogP contribution in [0.25, 0.3) is 0 Å². The number of aryl methyl sites for hydroxylation is 1. The highest BCUT2D eigenvalue weighted by Crippen LogP contribution is 2.36. The number of hydrogen-bond donors (Lipinski definition) is 1. The van der Waals surface area contributed by atoms with Gasteiger partial charge in [0.05, 0.1) is 6.04 Å². The van der Waals surface area contributed by atoms with E-state index >= 15 is 0 Å². The zero-order valence-electron chi connectivity index (χ0n) is 10.6. The Kier molecular flexibility index (Phi) is 5.66. The molecule has 0 radical (unpaired) electrons. The molecule has 0 fully saturated rings. The third kappa shape index (κ3) is 3.70. The third-order valence-electron chi connectivity index (χ3n) is 2.84. The fourth-order valence-corrected chi connectivity index (χ4v) is 4.86. The highest BCUT2D eigenvalue weighted by molar-refractivity contribution is 9.11. The zero-order valence-corrected chi connectivity index (χ0v) is 16.2. The van der Waals surface area contributed by atoms with E-state index in [1.807, 2.05) is 11.3 Å². The Morgan fingerprint density at radius 1 is 1.16 bits per heavy atom. The Bertz CT molecular complexity index is 561. The molecule has 1 heterocycles. The summed E-state index contributed by atoms with van der Waals surface area (Å²) in [4.78, 5) is 2.64. The molecule has 1 aromatic heterocycles. The topological polar surface area (TPSA) is 12.0 Å². The van der Waals surface area contributed by atoms with E-state index in [0.29, 0.717) is 0 Å². The molecule has 0 bridgehead atoms. The van der Waals surface area contributed by atoms with Crippen molar-refractivity contribution in [1.82, 2.24) is 5.32 Å². The van der Waals surface area contributed by atoms with E-state index in [1.54, 1.807) is 0 Å². The molecule has 0 aliphatic rings. The number of rotatable bonds is 4. The minimum absolute atomic E-state index is 0.225. The first-order chi connectivity index (χ1) is 9.02. The van der Waals surface area contributed by atoms with E-state index in [9.17, 15) is 0 Å². The number of nitrogens with one attached hydrogen (secondary N) is 1. The second-order valence-electron chi connectivity index (χ2n) is 4.21. The first-order valence-electron chi connectivity index (χ1n) is 5.97. The number of hydrogen-bond acceptors (Lipinski definition) is 2. The second-order valence-corrected chi connectivity index (χ2v) is 8.12. The minimum atomic E-state index is 0.225. The summed E-state index contributed by atoms with van der Waals surface area (Å²) in [7, 11) is 0. The molecule has 1 atom stereocenters. The van der Waals surface area contributed by atoms with Crippen LogP contribution in [0.3, 0.4) is 0 Å². The Labute approximate surface area is 143 Å². The van der Waals surface area contributed by atoms with Gasteiger partial charge < -0.3 is 5.32 Å². The summed E-state index contributed by atoms with van der Waals surface area (Å²) in [6.45, 7) is 5.20. The Morgan fingerprint density at radius 2 is 1.89 bits per heavy atom. The fraction of sp³-hybridized carbons (Fsp3) is 0.286. The van der Waals surface area contributed by atoms with Gasteiger partial charge in [-0.15, -0.1) is 11.3 Å². The van der Waals surface area contributed by atoms with Gasteiger partial charge in [-0.3, -0.25) is 0 Å². The quantitative estimate of drug-likeness (QED) is 0.577. The van der Waals surface area contributed by atoms with E-state index in [-0.39, 0.29) is 6.04 Å². The largest absolute Gasteiger partial charge is 0.306 e. The molecule has 0 aliphatic heterocycles. The number of benzene rings is 1. The summed E-state index contributed by atoms with van der Waals surface area (Å²) in [5.74, 6) is 0. The maximum Gasteiger partial charge on any atom is 0.0682 e. The lowest BCUT2D eigenvalue weighted by Gasteiger charge is -2.18. The normalized spacial score (nSPS) is 12.7. The lowest BCUT2D eigenvalue weighted by atomic mass is 10.1. The average molecular weight is 468 g/mol. The molecule has 2 aromatic rings. The van der Waals surface area contributed by atoms with Gasteiger partial charge in [-0.25, -0.2) is 0 Å². The van der Waals surface area contributed by atoms with Crippen molar-refractivity contribution in [3.8, 4) is 0 Å². The van der Waals surface area contributed by atoms with Crippen LogP contribution in [0.1, 0.15) is 28.3 Å². The molecule has 19 heavy (non-hydrogen) atoms. The van der Waals surface area contributed by atoms with Gasteiger partial charge in [0.2, 0.25) is 0 Å². The maximum atomic E-state index is 3.66. The van der Waals surface area contributed by atoms with Crippen LogP contribution in [-0.2, 0) is 0 Å². The molecule has 1 aromatic carbocycles. The summed E-state index contributed by atoms with van der Waals surface area (Å²) >= 11 is 12.6. The summed E-state index contributed by atoms with van der Waals surface area (Å²) in [6, 6.07) is 8.77. The molecule has 0 aliphatic carbocycles. The number of thiophene rings is 1. The molecule has 0 amide bonds. The summed E-state index contributed by atoms with van der Waals surface area (Å²) in [6.07, 6.45) is 0. The van der Waals surface area contributed by atoms with Crippen molar-refractivity contribution in [2.75, 3.05) is 6.54 Å². The highest BCUT2D eigenvalue weighted by Gasteiger charge is 2.18. The molecule has 102 valence electrons. The smallest absolute Gasteiger partial charge is 0.0682 e. The lowest BCUT2D eigenvalue weighted by molar-refractivity contribution is 0.637. The minimum Gasteiger partial charge on any atom is -0.306 e. The molecule has 1 N–H and O–H groups in total. The van der Waals surface area contributed by atoms with E-state index in [4.69, 9.17) is 0 Å². The van der Waals surface area contributed by atoms with E-state index in [1.165, 1.54) is 19.8 Å². The monoisotopic (exact) mass is 465 g/mol. The van der Waals surface area contributed by atoms with Crippen LogP contribution in [0.4, 0.5) is 0 Å². The van der Waals surface area contributed by atoms with Crippen LogP contribution >= 0.6 is 59.1 Å². The van der Waals surface area contributed by atoms with Gasteiger partial charge in [-0.05, 0) is 53.2 Å². The standard InChI is InChI=1S/C14H14Br3NS/c1-3-18-14(13-7-11(16)8(2)19-13)10-5-4-9(15)6-12(10)17/h4-7,14,18H,3H2,1-2H3. The fourth-order valence-electron chi connectivity index (χ4n) is 1.93. The van der Waals surface area contributed by atoms with E-state index < -0.39 is 0 Å². The van der Waals surface area contributed by atoms with Gasteiger partial charge in [-0.1, -0.05) is 44.8 Å². The van der Waals surface area contributed by atoms with Gasteiger partial charge in [-0.2, -0.15) is 0 Å². The summed E-state index contributed by atoms with van der Waals surface area (Å²) in [5, 5.41) is 3.56. The molecule has 0 spiro atoms. The Balaban J connectivity index is 2.44. The maximum absolute atomic E-state index is 3.66. The van der Waals surface area contributed by atoms with Crippen LogP contribution in [-0.4, -0.2) is 6.54 Å². The zero-order chi connectivity index (χ0) is 14.0. The van der Waals surface area contributed by atoms with Crippen molar-refractivity contribution < 1.29 is 0 Å². The van der Waals surface area contributed by atoms with E-state index in [0.717, 1.165) is 15.5 Å². The predicted octanol–water partition coefficient (Wildman–Crippen LogP) is 6.04. The van der Waals surface area contributed by atoms with Gasteiger partial charge in [0.25, 0.3) is 0 Å². The summed E-state index contributed by atoms with van der Waals surface area (Å²) in [5.41, 5.74) is 1.26. The first kappa shape index (κ1) is 15.7. The van der Waals surface area contributed by atoms with E-state index in [2.05, 4.69) is 91.2 Å². The Morgan fingerprint density at radius 3 is 2.42 bits per heavy atom. The van der Waals surface area contributed by atoms with Gasteiger partial charge in [0.1, 0.15) is 0 Å². The average Bonchev–Trinajstić information content (AvgIpc) is 2.67. The SMILES string of the molecule is CCNC(c1cc(Br)c(C)s1)c1ccc(Br)cc1Br. The molecule has 0 saturated carbocycles. The van der Waals surface area contributed by atoms with Crippen molar-refractivity contribution in [2.24, 2.45) is 0 Å². The molecular formula is C14H14Br3NS. The van der Waals surface area contributed by atoms with Crippen molar-refractivity contribution >= 4 is 59.1 Å². The van der Waals surface area contributed by atoms with Gasteiger partial charge in [0, 0.05) is 23.2 Å². The van der Waals surface area contributed by atoms with Crippen LogP contribution in [0, 0.1) is 6.92 Å². The molecule has 0 saturated heterocycles. The first-order valence-corrected chi connectivity index (χ1v) is 9.16. The number of halogens is 3. The van der Waals surface area contributed by atoms with Crippen molar-refractivity contribution in [1.29, 1.82) is 0 Å². The van der Waals surface area contributed by atoms with Crippen molar-refractivity contribution in [3.05, 3.63) is 53.0 Å². The molecule has 1 unspecified atom stereocenters. The second kappa shape index (κ2) is 6.85. The Hall–Kier alpha value is 0.320. The molecule has 5 heteroatoms. The van der Waals surface area contributed by atoms with Gasteiger partial charge in [0.15, 0.2) is 0 Å². The predicted molar refractivity (Wildman–Crippen MR) is 94.1 cm³/mol. The molecular weight excluding hydrogens is 454 g/mol. The molecule has 1 nitrogen and oxygen atoms in total. The van der Waals surface area contributed by atoms with Gasteiger partial charge >= 0.3 is 0 Å².